The second-order valence-electron chi connectivity index (χ2n) is 4.37. The first-order chi connectivity index (χ1) is 8.78. The van der Waals surface area contributed by atoms with Crippen LogP contribution in [0.4, 0.5) is 5.69 Å². The van der Waals surface area contributed by atoms with Crippen LogP contribution in [0.15, 0.2) is 30.6 Å². The second-order valence-corrected chi connectivity index (χ2v) is 5.07. The topological polar surface area (TPSA) is 21.1 Å². The van der Waals surface area contributed by atoms with Crippen LogP contribution in [0.5, 0.6) is 0 Å². The van der Waals surface area contributed by atoms with Gasteiger partial charge in [0.2, 0.25) is 0 Å². The van der Waals surface area contributed by atoms with Gasteiger partial charge in [0, 0.05) is 42.1 Å². The number of imidazole rings is 1. The molecule has 0 bridgehead atoms. The summed E-state index contributed by atoms with van der Waals surface area (Å²) in [6.45, 7) is 2.70. The number of rotatable bonds is 2. The van der Waals surface area contributed by atoms with Gasteiger partial charge in [-0.3, -0.25) is 0 Å². The Bertz CT molecular complexity index is 565. The average molecular weight is 282 g/mol. The van der Waals surface area contributed by atoms with E-state index in [2.05, 4.69) is 14.5 Å². The van der Waals surface area contributed by atoms with Crippen molar-refractivity contribution in [2.24, 2.45) is 0 Å². The molecule has 94 valence electrons. The summed E-state index contributed by atoms with van der Waals surface area (Å²) in [5.74, 6) is 1.58. The van der Waals surface area contributed by atoms with Gasteiger partial charge in [0.25, 0.3) is 0 Å². The van der Waals surface area contributed by atoms with Gasteiger partial charge in [-0.05, 0) is 17.7 Å². The van der Waals surface area contributed by atoms with Crippen LogP contribution in [-0.2, 0) is 19.0 Å². The number of fused-ring (bicyclic) bond motifs is 1. The van der Waals surface area contributed by atoms with E-state index in [1.165, 1.54) is 0 Å². The van der Waals surface area contributed by atoms with Crippen molar-refractivity contribution < 1.29 is 0 Å². The van der Waals surface area contributed by atoms with Crippen molar-refractivity contribution in [1.82, 2.24) is 9.55 Å². The third-order valence-electron chi connectivity index (χ3n) is 3.28. The first kappa shape index (κ1) is 11.9. The first-order valence-corrected chi connectivity index (χ1v) is 6.78. The largest absolute Gasteiger partial charge is 0.362 e. The molecule has 1 aromatic carbocycles. The summed E-state index contributed by atoms with van der Waals surface area (Å²) in [6, 6.07) is 5.86. The Labute approximate surface area is 116 Å². The number of benzene rings is 1. The van der Waals surface area contributed by atoms with Crippen LogP contribution in [0.1, 0.15) is 11.4 Å². The molecule has 2 aromatic rings. The summed E-state index contributed by atoms with van der Waals surface area (Å²) in [6.07, 6.45) is 3.87. The zero-order valence-electron chi connectivity index (χ0n) is 9.81. The lowest BCUT2D eigenvalue weighted by Gasteiger charge is -2.31. The smallest absolute Gasteiger partial charge is 0.128 e. The summed E-state index contributed by atoms with van der Waals surface area (Å²) in [5.41, 5.74) is 2.23. The van der Waals surface area contributed by atoms with Gasteiger partial charge >= 0.3 is 0 Å². The van der Waals surface area contributed by atoms with Crippen molar-refractivity contribution in [2.45, 2.75) is 19.0 Å². The quantitative estimate of drug-likeness (QED) is 0.788. The summed E-state index contributed by atoms with van der Waals surface area (Å²) in [7, 11) is 0. The highest BCUT2D eigenvalue weighted by Crippen LogP contribution is 2.28. The van der Waals surface area contributed by atoms with E-state index < -0.39 is 0 Å². The molecule has 0 atom stereocenters. The van der Waals surface area contributed by atoms with E-state index in [1.807, 2.05) is 30.6 Å². The molecular formula is C13H13Cl2N3. The maximum Gasteiger partial charge on any atom is 0.128 e. The van der Waals surface area contributed by atoms with E-state index >= 15 is 0 Å². The highest BCUT2D eigenvalue weighted by atomic mass is 35.5. The van der Waals surface area contributed by atoms with E-state index in [9.17, 15) is 0 Å². The van der Waals surface area contributed by atoms with Crippen molar-refractivity contribution in [3.63, 3.8) is 0 Å². The van der Waals surface area contributed by atoms with Crippen LogP contribution >= 0.6 is 23.2 Å². The first-order valence-electron chi connectivity index (χ1n) is 5.87. The molecule has 1 aliphatic heterocycles. The van der Waals surface area contributed by atoms with E-state index in [0.29, 0.717) is 5.88 Å². The fourth-order valence-corrected chi connectivity index (χ4v) is 2.72. The maximum absolute atomic E-state index is 6.08. The summed E-state index contributed by atoms with van der Waals surface area (Å²) < 4.78 is 2.18. The van der Waals surface area contributed by atoms with Gasteiger partial charge in [-0.2, -0.15) is 0 Å². The van der Waals surface area contributed by atoms with Crippen LogP contribution in [0, 0.1) is 0 Å². The average Bonchev–Trinajstić information content (AvgIpc) is 2.85. The third-order valence-corrected chi connectivity index (χ3v) is 3.80. The van der Waals surface area contributed by atoms with Crippen LogP contribution < -0.4 is 4.90 Å². The lowest BCUT2D eigenvalue weighted by Crippen LogP contribution is -2.34. The minimum atomic E-state index is 0.497. The normalized spacial score (nSPS) is 14.7. The summed E-state index contributed by atoms with van der Waals surface area (Å²) in [4.78, 5) is 6.65. The van der Waals surface area contributed by atoms with Gasteiger partial charge in [-0.25, -0.2) is 4.98 Å². The molecule has 0 saturated heterocycles. The molecule has 0 fully saturated rings. The standard InChI is InChI=1S/C13H13Cl2N3/c14-8-10-1-2-11(15)7-12(10)18-6-5-17-4-3-16-13(17)9-18/h1-4,7H,5-6,8-9H2. The highest BCUT2D eigenvalue weighted by Gasteiger charge is 2.19. The minimum Gasteiger partial charge on any atom is -0.362 e. The van der Waals surface area contributed by atoms with Crippen molar-refractivity contribution in [2.75, 3.05) is 11.4 Å². The Hall–Kier alpha value is -1.19. The van der Waals surface area contributed by atoms with Gasteiger partial charge in [0.05, 0.1) is 6.54 Å². The van der Waals surface area contributed by atoms with Gasteiger partial charge in [-0.1, -0.05) is 17.7 Å². The highest BCUT2D eigenvalue weighted by molar-refractivity contribution is 6.31. The Morgan fingerprint density at radius 3 is 3.00 bits per heavy atom. The Balaban J connectivity index is 1.94. The molecule has 0 unspecified atom stereocenters. The van der Waals surface area contributed by atoms with Gasteiger partial charge in [-0.15, -0.1) is 11.6 Å². The molecule has 0 radical (unpaired) electrons. The molecule has 2 heterocycles. The minimum absolute atomic E-state index is 0.497. The van der Waals surface area contributed by atoms with Crippen molar-refractivity contribution in [1.29, 1.82) is 0 Å². The zero-order valence-corrected chi connectivity index (χ0v) is 11.3. The molecule has 0 spiro atoms. The third kappa shape index (κ3) is 2.08. The lowest BCUT2D eigenvalue weighted by atomic mass is 10.1. The summed E-state index contributed by atoms with van der Waals surface area (Å²) in [5, 5.41) is 0.743. The molecule has 3 nitrogen and oxygen atoms in total. The maximum atomic E-state index is 6.08. The molecule has 0 saturated carbocycles. The lowest BCUT2D eigenvalue weighted by molar-refractivity contribution is 0.559. The molecule has 18 heavy (non-hydrogen) atoms. The van der Waals surface area contributed by atoms with Crippen LogP contribution in [0.2, 0.25) is 5.02 Å². The predicted octanol–water partition coefficient (Wildman–Crippen LogP) is 3.30. The van der Waals surface area contributed by atoms with Crippen molar-refractivity contribution >= 4 is 28.9 Å². The number of hydrogen-bond acceptors (Lipinski definition) is 2. The van der Waals surface area contributed by atoms with Gasteiger partial charge in [0.1, 0.15) is 5.82 Å². The number of nitrogens with zero attached hydrogens (tertiary/aromatic N) is 3. The van der Waals surface area contributed by atoms with Gasteiger partial charge < -0.3 is 9.47 Å². The molecule has 0 N–H and O–H groups in total. The molecular weight excluding hydrogens is 269 g/mol. The van der Waals surface area contributed by atoms with Crippen molar-refractivity contribution in [3.8, 4) is 0 Å². The van der Waals surface area contributed by atoms with Crippen molar-refractivity contribution in [3.05, 3.63) is 47.0 Å². The van der Waals surface area contributed by atoms with E-state index in [4.69, 9.17) is 23.2 Å². The monoisotopic (exact) mass is 281 g/mol. The van der Waals surface area contributed by atoms with Crippen LogP contribution in [-0.4, -0.2) is 16.1 Å². The fourth-order valence-electron chi connectivity index (χ4n) is 2.32. The Morgan fingerprint density at radius 2 is 2.17 bits per heavy atom. The molecule has 0 amide bonds. The number of alkyl halides is 1. The number of halogens is 2. The van der Waals surface area contributed by atoms with Crippen LogP contribution in [0.3, 0.4) is 0 Å². The molecule has 1 aliphatic rings. The molecule has 0 aliphatic carbocycles. The molecule has 5 heteroatoms. The van der Waals surface area contributed by atoms with Gasteiger partial charge in [0.15, 0.2) is 0 Å². The Morgan fingerprint density at radius 1 is 1.28 bits per heavy atom. The number of hydrogen-bond donors (Lipinski definition) is 0. The van der Waals surface area contributed by atoms with E-state index in [-0.39, 0.29) is 0 Å². The number of aromatic nitrogens is 2. The summed E-state index contributed by atoms with van der Waals surface area (Å²) >= 11 is 12.1. The fraction of sp³-hybridized carbons (Fsp3) is 0.308. The predicted molar refractivity (Wildman–Crippen MR) is 74.3 cm³/mol. The second kappa shape index (κ2) is 4.82. The van der Waals surface area contributed by atoms with E-state index in [0.717, 1.165) is 41.7 Å². The van der Waals surface area contributed by atoms with Crippen LogP contribution in [0.25, 0.3) is 0 Å². The molecule has 3 rings (SSSR count). The number of anilines is 1. The zero-order chi connectivity index (χ0) is 12.5. The Kier molecular flexibility index (Phi) is 3.18. The van der Waals surface area contributed by atoms with E-state index in [1.54, 1.807) is 0 Å². The SMILES string of the molecule is ClCc1ccc(Cl)cc1N1CCn2ccnc2C1. The molecule has 1 aromatic heterocycles.